The molecule has 0 aromatic heterocycles. The number of ether oxygens (including phenoxy) is 3. The third-order valence-electron chi connectivity index (χ3n) is 13.6. The number of unbranched alkanes of at least 4 members (excludes halogenated alkanes) is 39. The lowest BCUT2D eigenvalue weighted by atomic mass is 10.0. The van der Waals surface area contributed by atoms with Crippen LogP contribution < -0.4 is 0 Å². The molecule has 0 aliphatic heterocycles. The van der Waals surface area contributed by atoms with Crippen LogP contribution in [0.3, 0.4) is 0 Å². The molecule has 0 heterocycles. The minimum absolute atomic E-state index is 0.0762. The maximum absolute atomic E-state index is 12.9. The normalized spacial score (nSPS) is 12.2. The van der Waals surface area contributed by atoms with E-state index in [1.54, 1.807) is 0 Å². The van der Waals surface area contributed by atoms with Gasteiger partial charge in [-0.2, -0.15) is 0 Å². The Morgan fingerprint density at radius 2 is 0.522 bits per heavy atom. The molecule has 6 heteroatoms. The minimum Gasteiger partial charge on any atom is -0.462 e. The fourth-order valence-electron chi connectivity index (χ4n) is 9.04. The van der Waals surface area contributed by atoms with Gasteiger partial charge in [-0.1, -0.05) is 288 Å². The molecule has 0 spiro atoms. The van der Waals surface area contributed by atoms with Crippen molar-refractivity contribution in [1.29, 1.82) is 0 Å². The van der Waals surface area contributed by atoms with Gasteiger partial charge in [0.2, 0.25) is 0 Å². The highest BCUT2D eigenvalue weighted by atomic mass is 16.6. The summed E-state index contributed by atoms with van der Waals surface area (Å²) in [6.07, 6.45) is 69.9. The molecule has 0 unspecified atom stereocenters. The predicted molar refractivity (Wildman–Crippen MR) is 298 cm³/mol. The lowest BCUT2D eigenvalue weighted by molar-refractivity contribution is -0.167. The smallest absolute Gasteiger partial charge is 0.306 e. The van der Waals surface area contributed by atoms with Crippen molar-refractivity contribution in [2.75, 3.05) is 13.2 Å². The largest absolute Gasteiger partial charge is 0.462 e. The summed E-state index contributed by atoms with van der Waals surface area (Å²) < 4.78 is 16.9. The average Bonchev–Trinajstić information content (AvgIpc) is 3.35. The van der Waals surface area contributed by atoms with Crippen LogP contribution in [0.15, 0.2) is 36.5 Å². The summed E-state index contributed by atoms with van der Waals surface area (Å²) >= 11 is 0. The molecule has 1 atom stereocenters. The molecule has 0 radical (unpaired) electrons. The Morgan fingerprint density at radius 1 is 0.290 bits per heavy atom. The van der Waals surface area contributed by atoms with Crippen molar-refractivity contribution in [3.63, 3.8) is 0 Å². The summed E-state index contributed by atoms with van der Waals surface area (Å²) in [5.41, 5.74) is 0. The number of esters is 3. The molecule has 0 saturated heterocycles. The van der Waals surface area contributed by atoms with Crippen molar-refractivity contribution in [2.45, 2.75) is 335 Å². The Labute approximate surface area is 429 Å². The van der Waals surface area contributed by atoms with E-state index in [0.29, 0.717) is 19.3 Å². The highest BCUT2D eigenvalue weighted by Crippen LogP contribution is 2.17. The van der Waals surface area contributed by atoms with Gasteiger partial charge < -0.3 is 14.2 Å². The van der Waals surface area contributed by atoms with Gasteiger partial charge in [-0.3, -0.25) is 14.4 Å². The van der Waals surface area contributed by atoms with Crippen molar-refractivity contribution in [3.8, 4) is 0 Å². The van der Waals surface area contributed by atoms with Crippen LogP contribution in [0.4, 0.5) is 0 Å². The van der Waals surface area contributed by atoms with E-state index in [9.17, 15) is 14.4 Å². The maximum atomic E-state index is 12.9. The van der Waals surface area contributed by atoms with Gasteiger partial charge in [-0.25, -0.2) is 0 Å². The molecule has 0 N–H and O–H groups in total. The SMILES string of the molecule is CCCCC/C=C\C/C=C\C/C=C\CCCCCCC(=O)O[C@@H](COC(=O)CCCCCCCCCCCCCCCCC)COC(=O)CCCCCCCCCCCCCCCCCCCCC. The topological polar surface area (TPSA) is 78.9 Å². The summed E-state index contributed by atoms with van der Waals surface area (Å²) in [4.78, 5) is 38.2. The zero-order valence-corrected chi connectivity index (χ0v) is 46.3. The van der Waals surface area contributed by atoms with E-state index in [1.807, 2.05) is 0 Å². The highest BCUT2D eigenvalue weighted by Gasteiger charge is 2.19. The van der Waals surface area contributed by atoms with E-state index >= 15 is 0 Å². The Hall–Kier alpha value is -2.37. The fraction of sp³-hybridized carbons (Fsp3) is 0.857. The van der Waals surface area contributed by atoms with Crippen molar-refractivity contribution < 1.29 is 28.6 Å². The predicted octanol–water partition coefficient (Wildman–Crippen LogP) is 20.4. The molecule has 0 aliphatic rings. The van der Waals surface area contributed by atoms with E-state index in [0.717, 1.165) is 83.5 Å². The molecule has 0 rings (SSSR count). The Balaban J connectivity index is 4.35. The average molecular weight is 970 g/mol. The Morgan fingerprint density at radius 3 is 0.841 bits per heavy atom. The van der Waals surface area contributed by atoms with Gasteiger partial charge in [0.05, 0.1) is 0 Å². The number of rotatable bonds is 56. The number of allylic oxidation sites excluding steroid dienone is 6. The maximum Gasteiger partial charge on any atom is 0.306 e. The van der Waals surface area contributed by atoms with E-state index in [1.165, 1.54) is 205 Å². The van der Waals surface area contributed by atoms with Gasteiger partial charge >= 0.3 is 17.9 Å². The van der Waals surface area contributed by atoms with Crippen LogP contribution in [0.5, 0.6) is 0 Å². The van der Waals surface area contributed by atoms with Crippen LogP contribution >= 0.6 is 0 Å². The zero-order valence-electron chi connectivity index (χ0n) is 46.3. The van der Waals surface area contributed by atoms with E-state index < -0.39 is 6.10 Å². The molecule has 0 bridgehead atoms. The molecular formula is C63H116O6. The molecule has 0 saturated carbocycles. The zero-order chi connectivity index (χ0) is 50.0. The number of hydrogen-bond acceptors (Lipinski definition) is 6. The lowest BCUT2D eigenvalue weighted by Crippen LogP contribution is -2.30. The molecule has 69 heavy (non-hydrogen) atoms. The third kappa shape index (κ3) is 56.4. The minimum atomic E-state index is -0.780. The van der Waals surface area contributed by atoms with E-state index in [-0.39, 0.29) is 31.1 Å². The second kappa shape index (κ2) is 58.2. The molecule has 6 nitrogen and oxygen atoms in total. The second-order valence-electron chi connectivity index (χ2n) is 20.6. The van der Waals surface area contributed by atoms with Crippen LogP contribution in [0.2, 0.25) is 0 Å². The third-order valence-corrected chi connectivity index (χ3v) is 13.6. The first-order valence-electron chi connectivity index (χ1n) is 30.5. The van der Waals surface area contributed by atoms with Crippen LogP contribution in [-0.2, 0) is 28.6 Å². The quantitative estimate of drug-likeness (QED) is 0.0261. The van der Waals surface area contributed by atoms with Gasteiger partial charge in [0.25, 0.3) is 0 Å². The van der Waals surface area contributed by atoms with Gasteiger partial charge in [-0.05, 0) is 57.8 Å². The van der Waals surface area contributed by atoms with Gasteiger partial charge in [0.1, 0.15) is 13.2 Å². The molecule has 0 fully saturated rings. The molecule has 0 amide bonds. The fourth-order valence-corrected chi connectivity index (χ4v) is 9.04. The summed E-state index contributed by atoms with van der Waals surface area (Å²) in [7, 11) is 0. The first-order chi connectivity index (χ1) is 34.0. The molecule has 0 aliphatic carbocycles. The monoisotopic (exact) mass is 969 g/mol. The number of carbonyl (C=O) groups is 3. The van der Waals surface area contributed by atoms with Crippen LogP contribution in [-0.4, -0.2) is 37.2 Å². The van der Waals surface area contributed by atoms with Crippen LogP contribution in [0.25, 0.3) is 0 Å². The summed E-state index contributed by atoms with van der Waals surface area (Å²) in [6.45, 7) is 6.65. The Bertz CT molecular complexity index is 1160. The van der Waals surface area contributed by atoms with E-state index in [4.69, 9.17) is 14.2 Å². The van der Waals surface area contributed by atoms with E-state index in [2.05, 4.69) is 57.2 Å². The Kier molecular flexibility index (Phi) is 56.2. The first kappa shape index (κ1) is 66.6. The lowest BCUT2D eigenvalue weighted by Gasteiger charge is -2.18. The van der Waals surface area contributed by atoms with Crippen molar-refractivity contribution in [1.82, 2.24) is 0 Å². The number of hydrogen-bond donors (Lipinski definition) is 0. The van der Waals surface area contributed by atoms with Crippen molar-refractivity contribution in [3.05, 3.63) is 36.5 Å². The van der Waals surface area contributed by atoms with Crippen molar-refractivity contribution in [2.24, 2.45) is 0 Å². The first-order valence-corrected chi connectivity index (χ1v) is 30.5. The van der Waals surface area contributed by atoms with Crippen LogP contribution in [0.1, 0.15) is 329 Å². The summed E-state index contributed by atoms with van der Waals surface area (Å²) in [5, 5.41) is 0. The molecule has 0 aromatic carbocycles. The molecule has 0 aromatic rings. The van der Waals surface area contributed by atoms with Crippen molar-refractivity contribution >= 4 is 17.9 Å². The molecular weight excluding hydrogens is 853 g/mol. The van der Waals surface area contributed by atoms with Gasteiger partial charge in [-0.15, -0.1) is 0 Å². The van der Waals surface area contributed by atoms with Crippen LogP contribution in [0, 0.1) is 0 Å². The van der Waals surface area contributed by atoms with Gasteiger partial charge in [0.15, 0.2) is 6.10 Å². The van der Waals surface area contributed by atoms with Gasteiger partial charge in [0, 0.05) is 19.3 Å². The second-order valence-corrected chi connectivity index (χ2v) is 20.6. The summed E-state index contributed by atoms with van der Waals surface area (Å²) in [5.74, 6) is -0.875. The number of carbonyl (C=O) groups excluding carboxylic acids is 3. The summed E-state index contributed by atoms with van der Waals surface area (Å²) in [6, 6.07) is 0. The standard InChI is InChI=1S/C63H116O6/c1-4-7-10-13-16-19-22-25-28-30-31-33-35-38-41-44-47-50-53-56-62(65)68-59-60(58-67-61(64)55-52-49-46-43-40-37-34-27-24-21-18-15-12-9-6-3)69-63(66)57-54-51-48-45-42-39-36-32-29-26-23-20-17-14-11-8-5-2/h17,20,26,29,36,39,60H,4-16,18-19,21-25,27-28,30-35,37-38,40-59H2,1-3H3/b20-17-,29-26-,39-36-/t60-/m0/s1. The highest BCUT2D eigenvalue weighted by molar-refractivity contribution is 5.71. The molecule has 404 valence electrons.